The van der Waals surface area contributed by atoms with Gasteiger partial charge in [0.25, 0.3) is 0 Å². The highest BCUT2D eigenvalue weighted by atomic mass is 14.4. The summed E-state index contributed by atoms with van der Waals surface area (Å²) >= 11 is 0. The van der Waals surface area contributed by atoms with E-state index in [-0.39, 0.29) is 0 Å². The number of hydrogen-bond acceptors (Lipinski definition) is 0. The van der Waals surface area contributed by atoms with Gasteiger partial charge in [-0.25, -0.2) is 0 Å². The van der Waals surface area contributed by atoms with E-state index >= 15 is 0 Å². The average molecular weight is 204 g/mol. The molecule has 0 heterocycles. The predicted molar refractivity (Wildman–Crippen MR) is 66.8 cm³/mol. The molecule has 0 radical (unpaired) electrons. The van der Waals surface area contributed by atoms with E-state index in [0.717, 1.165) is 5.92 Å². The van der Waals surface area contributed by atoms with Gasteiger partial charge in [0.05, 0.1) is 0 Å². The fourth-order valence-electron chi connectivity index (χ4n) is 3.42. The standard InChI is InChI=1S/C15H24/c1-4-13-7-9-15(5-2)8-6-12(3)10-14(15)11-13/h10,13H,3-9,11H2,1-2H3/t13-,15?/m1/s1. The summed E-state index contributed by atoms with van der Waals surface area (Å²) in [6, 6.07) is 0. The number of hydrogen-bond donors (Lipinski definition) is 0. The second-order valence-electron chi connectivity index (χ2n) is 5.48. The third-order valence-corrected chi connectivity index (χ3v) is 4.78. The highest BCUT2D eigenvalue weighted by Crippen LogP contribution is 2.52. The lowest BCUT2D eigenvalue weighted by Gasteiger charge is -2.45. The van der Waals surface area contributed by atoms with Gasteiger partial charge in [0.15, 0.2) is 0 Å². The van der Waals surface area contributed by atoms with Gasteiger partial charge in [0, 0.05) is 0 Å². The van der Waals surface area contributed by atoms with Crippen molar-refractivity contribution in [2.24, 2.45) is 11.3 Å². The van der Waals surface area contributed by atoms with Crippen LogP contribution >= 0.6 is 0 Å². The SMILES string of the molecule is C=C1C=C2C[C@H](CC)CCC2(CC)CC1. The summed E-state index contributed by atoms with van der Waals surface area (Å²) in [7, 11) is 0. The molecule has 0 spiro atoms. The van der Waals surface area contributed by atoms with Gasteiger partial charge in [-0.15, -0.1) is 0 Å². The molecule has 1 saturated carbocycles. The Bertz CT molecular complexity index is 284. The quantitative estimate of drug-likeness (QED) is 0.602. The van der Waals surface area contributed by atoms with Crippen molar-refractivity contribution in [3.63, 3.8) is 0 Å². The maximum atomic E-state index is 4.15. The van der Waals surface area contributed by atoms with Crippen LogP contribution in [0.3, 0.4) is 0 Å². The molecule has 0 nitrogen and oxygen atoms in total. The van der Waals surface area contributed by atoms with Crippen LogP contribution in [0.15, 0.2) is 23.8 Å². The molecule has 84 valence electrons. The molecule has 2 rings (SSSR count). The molecule has 2 atom stereocenters. The summed E-state index contributed by atoms with van der Waals surface area (Å²) in [4.78, 5) is 0. The van der Waals surface area contributed by atoms with Gasteiger partial charge in [-0.1, -0.05) is 44.1 Å². The second kappa shape index (κ2) is 4.15. The van der Waals surface area contributed by atoms with Gasteiger partial charge in [0.2, 0.25) is 0 Å². The highest BCUT2D eigenvalue weighted by molar-refractivity contribution is 5.32. The minimum Gasteiger partial charge on any atom is -0.0958 e. The van der Waals surface area contributed by atoms with Crippen molar-refractivity contribution in [2.45, 2.75) is 58.8 Å². The van der Waals surface area contributed by atoms with Gasteiger partial charge in [-0.3, -0.25) is 0 Å². The molecule has 0 amide bonds. The van der Waals surface area contributed by atoms with Gasteiger partial charge < -0.3 is 0 Å². The van der Waals surface area contributed by atoms with Crippen LogP contribution < -0.4 is 0 Å². The Morgan fingerprint density at radius 3 is 2.87 bits per heavy atom. The Balaban J connectivity index is 2.24. The van der Waals surface area contributed by atoms with Crippen molar-refractivity contribution < 1.29 is 0 Å². The van der Waals surface area contributed by atoms with Crippen molar-refractivity contribution in [1.29, 1.82) is 0 Å². The summed E-state index contributed by atoms with van der Waals surface area (Å²) in [5.74, 6) is 0.946. The number of fused-ring (bicyclic) bond motifs is 1. The Kier molecular flexibility index (Phi) is 3.04. The van der Waals surface area contributed by atoms with Crippen LogP contribution in [0.1, 0.15) is 58.8 Å². The maximum absolute atomic E-state index is 4.15. The molecule has 0 saturated heterocycles. The summed E-state index contributed by atoms with van der Waals surface area (Å²) < 4.78 is 0. The maximum Gasteiger partial charge on any atom is -0.00841 e. The molecule has 0 aliphatic heterocycles. The largest absolute Gasteiger partial charge is 0.0958 e. The van der Waals surface area contributed by atoms with Crippen LogP contribution in [0.4, 0.5) is 0 Å². The van der Waals surface area contributed by atoms with E-state index in [2.05, 4.69) is 26.5 Å². The first-order valence-electron chi connectivity index (χ1n) is 6.59. The normalized spacial score (nSPS) is 36.0. The van der Waals surface area contributed by atoms with Crippen molar-refractivity contribution >= 4 is 0 Å². The zero-order valence-electron chi connectivity index (χ0n) is 10.3. The van der Waals surface area contributed by atoms with E-state index in [0.29, 0.717) is 5.41 Å². The number of allylic oxidation sites excluding steroid dienone is 3. The molecule has 0 aromatic carbocycles. The number of rotatable bonds is 2. The van der Waals surface area contributed by atoms with E-state index in [4.69, 9.17) is 0 Å². The van der Waals surface area contributed by atoms with Crippen LogP contribution in [-0.2, 0) is 0 Å². The van der Waals surface area contributed by atoms with Crippen LogP contribution in [0.2, 0.25) is 0 Å². The van der Waals surface area contributed by atoms with Crippen molar-refractivity contribution in [3.05, 3.63) is 23.8 Å². The molecule has 2 aliphatic rings. The predicted octanol–water partition coefficient (Wildman–Crippen LogP) is 4.87. The average Bonchev–Trinajstić information content (AvgIpc) is 2.28. The monoisotopic (exact) mass is 204 g/mol. The van der Waals surface area contributed by atoms with Gasteiger partial charge in [0.1, 0.15) is 0 Å². The first-order chi connectivity index (χ1) is 7.20. The fourth-order valence-corrected chi connectivity index (χ4v) is 3.42. The summed E-state index contributed by atoms with van der Waals surface area (Å²) in [5, 5.41) is 0. The molecule has 0 bridgehead atoms. The molecule has 2 aliphatic carbocycles. The Hall–Kier alpha value is -0.520. The lowest BCUT2D eigenvalue weighted by Crippen LogP contribution is -2.31. The van der Waals surface area contributed by atoms with E-state index in [1.54, 1.807) is 5.57 Å². The Morgan fingerprint density at radius 2 is 2.20 bits per heavy atom. The minimum atomic E-state index is 0.576. The second-order valence-corrected chi connectivity index (χ2v) is 5.48. The molecule has 0 aromatic rings. The van der Waals surface area contributed by atoms with Crippen molar-refractivity contribution in [1.82, 2.24) is 0 Å². The minimum absolute atomic E-state index is 0.576. The molecule has 1 fully saturated rings. The van der Waals surface area contributed by atoms with Crippen molar-refractivity contribution in [3.8, 4) is 0 Å². The van der Waals surface area contributed by atoms with E-state index < -0.39 is 0 Å². The first-order valence-corrected chi connectivity index (χ1v) is 6.59. The van der Waals surface area contributed by atoms with Crippen molar-refractivity contribution in [2.75, 3.05) is 0 Å². The van der Waals surface area contributed by atoms with E-state index in [9.17, 15) is 0 Å². The highest BCUT2D eigenvalue weighted by Gasteiger charge is 2.38. The molecule has 0 N–H and O–H groups in total. The molecule has 0 heteroatoms. The summed E-state index contributed by atoms with van der Waals surface area (Å²) in [5.41, 5.74) is 3.68. The zero-order valence-corrected chi connectivity index (χ0v) is 10.3. The molecule has 0 aromatic heterocycles. The summed E-state index contributed by atoms with van der Waals surface area (Å²) in [6.07, 6.45) is 11.9. The Labute approximate surface area is 94.5 Å². The van der Waals surface area contributed by atoms with Gasteiger partial charge in [-0.05, 0) is 49.9 Å². The molecular weight excluding hydrogens is 180 g/mol. The smallest absolute Gasteiger partial charge is 0.00841 e. The molecule has 1 unspecified atom stereocenters. The summed E-state index contributed by atoms with van der Waals surface area (Å²) in [6.45, 7) is 8.85. The fraction of sp³-hybridized carbons (Fsp3) is 0.733. The molecular formula is C15H24. The lowest BCUT2D eigenvalue weighted by atomic mass is 9.60. The van der Waals surface area contributed by atoms with E-state index in [1.807, 2.05) is 0 Å². The van der Waals surface area contributed by atoms with Crippen LogP contribution in [0, 0.1) is 11.3 Å². The van der Waals surface area contributed by atoms with Crippen LogP contribution in [0.25, 0.3) is 0 Å². The lowest BCUT2D eigenvalue weighted by molar-refractivity contribution is 0.196. The van der Waals surface area contributed by atoms with Crippen LogP contribution in [-0.4, -0.2) is 0 Å². The van der Waals surface area contributed by atoms with E-state index in [1.165, 1.54) is 50.5 Å². The van der Waals surface area contributed by atoms with Crippen LogP contribution in [0.5, 0.6) is 0 Å². The first kappa shape index (κ1) is 11.0. The third kappa shape index (κ3) is 1.91. The third-order valence-electron chi connectivity index (χ3n) is 4.78. The topological polar surface area (TPSA) is 0 Å². The van der Waals surface area contributed by atoms with Gasteiger partial charge in [-0.2, -0.15) is 0 Å². The van der Waals surface area contributed by atoms with Gasteiger partial charge >= 0.3 is 0 Å². The molecule has 15 heavy (non-hydrogen) atoms. The Morgan fingerprint density at radius 1 is 1.40 bits per heavy atom. The zero-order chi connectivity index (χ0) is 10.9.